The van der Waals surface area contributed by atoms with Crippen LogP contribution in [0.3, 0.4) is 0 Å². The molecule has 1 aromatic rings. The highest BCUT2D eigenvalue weighted by atomic mass is 35.5. The highest BCUT2D eigenvalue weighted by Gasteiger charge is 2.41. The fraction of sp³-hybridized carbons (Fsp3) is 0.467. The number of nitrogens with one attached hydrogen (secondary N) is 1. The van der Waals surface area contributed by atoms with Crippen LogP contribution < -0.4 is 5.32 Å². The minimum absolute atomic E-state index is 0.0766. The Morgan fingerprint density at radius 2 is 2.00 bits per heavy atom. The van der Waals surface area contributed by atoms with E-state index in [1.54, 1.807) is 0 Å². The standard InChI is InChI=1S/C15H17ClFNO3/c16-11-4-3-5-12(17)10(11)8-13(19)18-9-15(14(20)21)6-1-2-7-15/h3-5H,1-2,6-9H2,(H,18,19)(H,20,21). The largest absolute Gasteiger partial charge is 0.481 e. The molecule has 0 atom stereocenters. The van der Waals surface area contributed by atoms with Gasteiger partial charge >= 0.3 is 5.97 Å². The van der Waals surface area contributed by atoms with Gasteiger partial charge in [-0.25, -0.2) is 4.39 Å². The maximum absolute atomic E-state index is 13.6. The van der Waals surface area contributed by atoms with E-state index in [1.807, 2.05) is 0 Å². The Labute approximate surface area is 127 Å². The molecular formula is C15H17ClFNO3. The molecule has 0 heterocycles. The topological polar surface area (TPSA) is 66.4 Å². The van der Waals surface area contributed by atoms with Crippen LogP contribution in [0.5, 0.6) is 0 Å². The lowest BCUT2D eigenvalue weighted by molar-refractivity contribution is -0.148. The number of carbonyl (C=O) groups is 2. The van der Waals surface area contributed by atoms with Gasteiger partial charge in [-0.1, -0.05) is 30.5 Å². The third kappa shape index (κ3) is 3.53. The Balaban J connectivity index is 1.98. The fourth-order valence-corrected chi connectivity index (χ4v) is 2.94. The molecule has 1 saturated carbocycles. The average molecular weight is 314 g/mol. The lowest BCUT2D eigenvalue weighted by Crippen LogP contribution is -2.41. The van der Waals surface area contributed by atoms with Crippen molar-refractivity contribution < 1.29 is 19.1 Å². The van der Waals surface area contributed by atoms with Gasteiger partial charge in [0.05, 0.1) is 11.8 Å². The van der Waals surface area contributed by atoms with Gasteiger partial charge in [0.25, 0.3) is 0 Å². The van der Waals surface area contributed by atoms with Crippen molar-refractivity contribution in [2.24, 2.45) is 5.41 Å². The van der Waals surface area contributed by atoms with Gasteiger partial charge in [0.15, 0.2) is 0 Å². The molecule has 1 aliphatic carbocycles. The summed E-state index contributed by atoms with van der Waals surface area (Å²) < 4.78 is 13.6. The van der Waals surface area contributed by atoms with Crippen molar-refractivity contribution in [1.29, 1.82) is 0 Å². The number of carboxylic acids is 1. The molecule has 1 fully saturated rings. The number of carbonyl (C=O) groups excluding carboxylic acids is 1. The monoisotopic (exact) mass is 313 g/mol. The first-order valence-corrected chi connectivity index (χ1v) is 7.25. The average Bonchev–Trinajstić information content (AvgIpc) is 2.91. The summed E-state index contributed by atoms with van der Waals surface area (Å²) in [7, 11) is 0. The summed E-state index contributed by atoms with van der Waals surface area (Å²) in [6, 6.07) is 4.23. The molecule has 0 aromatic heterocycles. The second kappa shape index (κ2) is 6.43. The van der Waals surface area contributed by atoms with Crippen LogP contribution in [-0.4, -0.2) is 23.5 Å². The Morgan fingerprint density at radius 3 is 2.57 bits per heavy atom. The third-order valence-electron chi connectivity index (χ3n) is 4.04. The minimum atomic E-state index is -0.885. The van der Waals surface area contributed by atoms with Crippen molar-refractivity contribution >= 4 is 23.5 Å². The van der Waals surface area contributed by atoms with Crippen LogP contribution in [0.15, 0.2) is 18.2 Å². The van der Waals surface area contributed by atoms with Crippen molar-refractivity contribution in [3.8, 4) is 0 Å². The van der Waals surface area contributed by atoms with Crippen LogP contribution in [0.2, 0.25) is 5.02 Å². The predicted octanol–water partition coefficient (Wildman–Crippen LogP) is 2.78. The molecule has 114 valence electrons. The van der Waals surface area contributed by atoms with Gasteiger partial charge in [0.1, 0.15) is 5.82 Å². The summed E-state index contributed by atoms with van der Waals surface area (Å²) in [6.07, 6.45) is 2.62. The van der Waals surface area contributed by atoms with Crippen molar-refractivity contribution in [3.05, 3.63) is 34.6 Å². The van der Waals surface area contributed by atoms with Crippen LogP contribution in [0.1, 0.15) is 31.2 Å². The van der Waals surface area contributed by atoms with E-state index in [1.165, 1.54) is 18.2 Å². The van der Waals surface area contributed by atoms with E-state index >= 15 is 0 Å². The van der Waals surface area contributed by atoms with Gasteiger partial charge in [-0.3, -0.25) is 9.59 Å². The van der Waals surface area contributed by atoms with E-state index < -0.39 is 23.1 Å². The highest BCUT2D eigenvalue weighted by Crippen LogP contribution is 2.37. The molecular weight excluding hydrogens is 297 g/mol. The molecule has 0 bridgehead atoms. The molecule has 0 radical (unpaired) electrons. The molecule has 1 aromatic carbocycles. The van der Waals surface area contributed by atoms with E-state index in [4.69, 9.17) is 11.6 Å². The first-order chi connectivity index (χ1) is 9.94. The zero-order valence-corrected chi connectivity index (χ0v) is 12.3. The van der Waals surface area contributed by atoms with Crippen LogP contribution in [0, 0.1) is 11.2 Å². The maximum atomic E-state index is 13.6. The van der Waals surface area contributed by atoms with Crippen LogP contribution in [-0.2, 0) is 16.0 Å². The van der Waals surface area contributed by atoms with Crippen molar-refractivity contribution in [2.75, 3.05) is 6.54 Å². The normalized spacial score (nSPS) is 16.7. The lowest BCUT2D eigenvalue weighted by Gasteiger charge is -2.24. The molecule has 1 amide bonds. The van der Waals surface area contributed by atoms with Gasteiger partial charge in [-0.05, 0) is 25.0 Å². The Morgan fingerprint density at radius 1 is 1.33 bits per heavy atom. The highest BCUT2D eigenvalue weighted by molar-refractivity contribution is 6.31. The predicted molar refractivity (Wildman–Crippen MR) is 76.7 cm³/mol. The minimum Gasteiger partial charge on any atom is -0.481 e. The summed E-state index contributed by atoms with van der Waals surface area (Å²) in [5.41, 5.74) is -0.748. The first-order valence-electron chi connectivity index (χ1n) is 6.88. The molecule has 4 nitrogen and oxygen atoms in total. The molecule has 0 unspecified atom stereocenters. The third-order valence-corrected chi connectivity index (χ3v) is 4.39. The smallest absolute Gasteiger partial charge is 0.311 e. The van der Waals surface area contributed by atoms with Crippen molar-refractivity contribution in [3.63, 3.8) is 0 Å². The van der Waals surface area contributed by atoms with Gasteiger partial charge < -0.3 is 10.4 Å². The van der Waals surface area contributed by atoms with Gasteiger partial charge in [-0.2, -0.15) is 0 Å². The summed E-state index contributed by atoms with van der Waals surface area (Å²) >= 11 is 5.86. The molecule has 0 saturated heterocycles. The SMILES string of the molecule is O=C(Cc1c(F)cccc1Cl)NCC1(C(=O)O)CCCC1. The Hall–Kier alpha value is -1.62. The van der Waals surface area contributed by atoms with Crippen LogP contribution in [0.25, 0.3) is 0 Å². The number of carboxylic acid groups (broad SMARTS) is 1. The van der Waals surface area contributed by atoms with E-state index in [9.17, 15) is 19.1 Å². The second-order valence-electron chi connectivity index (χ2n) is 5.45. The first kappa shape index (κ1) is 15.8. The van der Waals surface area contributed by atoms with E-state index in [2.05, 4.69) is 5.32 Å². The maximum Gasteiger partial charge on any atom is 0.311 e. The number of benzene rings is 1. The van der Waals surface area contributed by atoms with Crippen LogP contribution >= 0.6 is 11.6 Å². The van der Waals surface area contributed by atoms with Crippen molar-refractivity contribution in [2.45, 2.75) is 32.1 Å². The zero-order valence-electron chi connectivity index (χ0n) is 11.5. The number of halogens is 2. The van der Waals surface area contributed by atoms with Gasteiger partial charge in [0.2, 0.25) is 5.91 Å². The number of rotatable bonds is 5. The quantitative estimate of drug-likeness (QED) is 0.878. The van der Waals surface area contributed by atoms with Crippen LogP contribution in [0.4, 0.5) is 4.39 Å². The molecule has 6 heteroatoms. The molecule has 1 aliphatic rings. The number of hydrogen-bond donors (Lipinski definition) is 2. The lowest BCUT2D eigenvalue weighted by atomic mass is 9.86. The Bertz CT molecular complexity index is 536. The van der Waals surface area contributed by atoms with E-state index in [0.717, 1.165) is 12.8 Å². The Kier molecular flexibility index (Phi) is 4.83. The molecule has 0 spiro atoms. The second-order valence-corrected chi connectivity index (χ2v) is 5.85. The zero-order chi connectivity index (χ0) is 15.5. The van der Waals surface area contributed by atoms with Gasteiger partial charge in [0, 0.05) is 17.1 Å². The van der Waals surface area contributed by atoms with Gasteiger partial charge in [-0.15, -0.1) is 0 Å². The number of amides is 1. The summed E-state index contributed by atoms with van der Waals surface area (Å²) in [5.74, 6) is -1.84. The molecule has 21 heavy (non-hydrogen) atoms. The summed E-state index contributed by atoms with van der Waals surface area (Å²) in [4.78, 5) is 23.3. The number of aliphatic carboxylic acids is 1. The molecule has 2 rings (SSSR count). The summed E-state index contributed by atoms with van der Waals surface area (Å²) in [5, 5.41) is 12.1. The molecule has 0 aliphatic heterocycles. The van der Waals surface area contributed by atoms with E-state index in [0.29, 0.717) is 12.8 Å². The fourth-order valence-electron chi connectivity index (χ4n) is 2.71. The number of hydrogen-bond acceptors (Lipinski definition) is 2. The summed E-state index contributed by atoms with van der Waals surface area (Å²) in [6.45, 7) is 0.0766. The van der Waals surface area contributed by atoms with E-state index in [-0.39, 0.29) is 23.6 Å². The van der Waals surface area contributed by atoms with Crippen molar-refractivity contribution in [1.82, 2.24) is 5.32 Å². The molecule has 2 N–H and O–H groups in total.